The van der Waals surface area contributed by atoms with Crippen LogP contribution in [0.15, 0.2) is 21.9 Å². The second-order valence-corrected chi connectivity index (χ2v) is 3.43. The average molecular weight is 264 g/mol. The first-order valence-electron chi connectivity index (χ1n) is 4.89. The van der Waals surface area contributed by atoms with Gasteiger partial charge in [-0.15, -0.1) is 0 Å². The van der Waals surface area contributed by atoms with Crippen LogP contribution in [0, 0.1) is 0 Å². The number of nitrogens with two attached hydrogens (primary N) is 2. The number of anilines is 2. The molecule has 0 saturated carbocycles. The first-order valence-corrected chi connectivity index (χ1v) is 4.89. The van der Waals surface area contributed by atoms with E-state index in [0.29, 0.717) is 4.57 Å². The van der Waals surface area contributed by atoms with E-state index in [1.807, 2.05) is 0 Å². The fraction of sp³-hybridized carbons (Fsp3) is 0. The van der Waals surface area contributed by atoms with Crippen LogP contribution in [-0.2, 0) is 0 Å². The van der Waals surface area contributed by atoms with Crippen molar-refractivity contribution in [2.45, 2.75) is 0 Å². The van der Waals surface area contributed by atoms with Crippen LogP contribution in [0.4, 0.5) is 11.6 Å². The number of aromatic nitrogens is 4. The molecule has 0 aromatic carbocycles. The number of carboxylic acids is 1. The minimum atomic E-state index is -1.42. The third-order valence-corrected chi connectivity index (χ3v) is 2.20. The highest BCUT2D eigenvalue weighted by molar-refractivity contribution is 5.91. The van der Waals surface area contributed by atoms with Crippen LogP contribution >= 0.6 is 0 Å². The molecule has 98 valence electrons. The van der Waals surface area contributed by atoms with Gasteiger partial charge in [-0.05, 0) is 0 Å². The van der Waals surface area contributed by atoms with E-state index in [1.54, 1.807) is 0 Å². The van der Waals surface area contributed by atoms with Crippen LogP contribution in [0.2, 0.25) is 0 Å². The Labute approximate surface area is 104 Å². The van der Waals surface area contributed by atoms with Gasteiger partial charge >= 0.3 is 11.7 Å². The molecular weight excluding hydrogens is 256 g/mol. The smallest absolute Gasteiger partial charge is 0.358 e. The van der Waals surface area contributed by atoms with E-state index in [2.05, 4.69) is 15.0 Å². The summed E-state index contributed by atoms with van der Waals surface area (Å²) in [5.41, 5.74) is 8.83. The number of carboxylic acid groups (broad SMARTS) is 1. The Morgan fingerprint density at radius 3 is 2.53 bits per heavy atom. The molecule has 10 nitrogen and oxygen atoms in total. The molecule has 2 aromatic rings. The summed E-state index contributed by atoms with van der Waals surface area (Å²) in [7, 11) is 0. The van der Waals surface area contributed by atoms with Crippen molar-refractivity contribution in [1.82, 2.24) is 19.5 Å². The number of aromatic amines is 1. The monoisotopic (exact) mass is 264 g/mol. The van der Waals surface area contributed by atoms with Gasteiger partial charge < -0.3 is 21.6 Å². The number of nitrogens with one attached hydrogen (secondary N) is 1. The van der Waals surface area contributed by atoms with Crippen LogP contribution in [0.25, 0.3) is 5.82 Å². The van der Waals surface area contributed by atoms with E-state index in [4.69, 9.17) is 16.6 Å². The third-order valence-electron chi connectivity index (χ3n) is 2.20. The SMILES string of the molecule is Nc1nc(-n2c(=O)cc[nH]c2=O)c(N)nc1C(=O)O. The Balaban J connectivity index is 2.78. The van der Waals surface area contributed by atoms with Gasteiger partial charge in [0.25, 0.3) is 5.56 Å². The lowest BCUT2D eigenvalue weighted by Crippen LogP contribution is -2.34. The average Bonchev–Trinajstić information content (AvgIpc) is 2.32. The van der Waals surface area contributed by atoms with Gasteiger partial charge in [0.15, 0.2) is 23.1 Å². The van der Waals surface area contributed by atoms with Gasteiger partial charge in [0.2, 0.25) is 0 Å². The van der Waals surface area contributed by atoms with Gasteiger partial charge in [-0.25, -0.2) is 24.1 Å². The second kappa shape index (κ2) is 4.25. The van der Waals surface area contributed by atoms with E-state index in [0.717, 1.165) is 12.3 Å². The number of H-pyrrole nitrogens is 1. The standard InChI is InChI=1S/C9H8N6O4/c10-5-4(8(17)18)13-6(11)7(14-5)15-3(16)1-2-12-9(15)19/h1-2H,(H2,10,14)(H2,11,13)(H,12,19)(H,17,18). The molecule has 0 radical (unpaired) electrons. The predicted octanol–water partition coefficient (Wildman–Crippen LogP) is -1.82. The summed E-state index contributed by atoms with van der Waals surface area (Å²) in [5.74, 6) is -2.59. The van der Waals surface area contributed by atoms with E-state index >= 15 is 0 Å². The van der Waals surface area contributed by atoms with E-state index < -0.39 is 34.5 Å². The molecule has 2 rings (SSSR count). The van der Waals surface area contributed by atoms with Crippen molar-refractivity contribution >= 4 is 17.6 Å². The molecule has 0 unspecified atom stereocenters. The lowest BCUT2D eigenvalue weighted by Gasteiger charge is -2.07. The normalized spacial score (nSPS) is 10.3. The van der Waals surface area contributed by atoms with Crippen molar-refractivity contribution in [2.24, 2.45) is 0 Å². The number of rotatable bonds is 2. The zero-order chi connectivity index (χ0) is 14.2. The van der Waals surface area contributed by atoms with Crippen molar-refractivity contribution in [3.8, 4) is 5.82 Å². The first kappa shape index (κ1) is 12.3. The molecule has 0 saturated heterocycles. The van der Waals surface area contributed by atoms with Gasteiger partial charge in [0.05, 0.1) is 0 Å². The predicted molar refractivity (Wildman–Crippen MR) is 64.0 cm³/mol. The Kier molecular flexibility index (Phi) is 2.75. The van der Waals surface area contributed by atoms with Crippen LogP contribution in [0.5, 0.6) is 0 Å². The summed E-state index contributed by atoms with van der Waals surface area (Å²) in [6.07, 6.45) is 1.15. The minimum absolute atomic E-state index is 0.325. The Bertz CT molecular complexity index is 749. The minimum Gasteiger partial charge on any atom is -0.476 e. The molecule has 0 bridgehead atoms. The molecular formula is C9H8N6O4. The number of nitrogen functional groups attached to an aromatic ring is 2. The maximum atomic E-state index is 11.6. The van der Waals surface area contributed by atoms with Gasteiger partial charge in [-0.2, -0.15) is 0 Å². The van der Waals surface area contributed by atoms with Crippen molar-refractivity contribution in [3.63, 3.8) is 0 Å². The number of hydrogen-bond donors (Lipinski definition) is 4. The van der Waals surface area contributed by atoms with Crippen LogP contribution in [0.1, 0.15) is 10.5 Å². The van der Waals surface area contributed by atoms with Gasteiger partial charge in [0, 0.05) is 12.3 Å². The maximum absolute atomic E-state index is 11.6. The lowest BCUT2D eigenvalue weighted by molar-refractivity contribution is 0.0691. The third kappa shape index (κ3) is 2.01. The molecule has 0 aliphatic carbocycles. The lowest BCUT2D eigenvalue weighted by atomic mass is 10.4. The summed E-state index contributed by atoms with van der Waals surface area (Å²) in [4.78, 5) is 43.3. The van der Waals surface area contributed by atoms with Gasteiger partial charge in [-0.3, -0.25) is 4.79 Å². The Morgan fingerprint density at radius 1 is 1.26 bits per heavy atom. The number of hydrogen-bond acceptors (Lipinski definition) is 7. The van der Waals surface area contributed by atoms with Crippen molar-refractivity contribution < 1.29 is 9.90 Å². The van der Waals surface area contributed by atoms with Crippen LogP contribution in [-0.4, -0.2) is 30.6 Å². The summed E-state index contributed by atoms with van der Waals surface area (Å²) in [5, 5.41) is 8.79. The summed E-state index contributed by atoms with van der Waals surface area (Å²) in [6.45, 7) is 0. The summed E-state index contributed by atoms with van der Waals surface area (Å²) in [6, 6.07) is 1.07. The summed E-state index contributed by atoms with van der Waals surface area (Å²) >= 11 is 0. The fourth-order valence-electron chi connectivity index (χ4n) is 1.40. The highest BCUT2D eigenvalue weighted by Gasteiger charge is 2.18. The molecule has 0 spiro atoms. The molecule has 0 amide bonds. The Morgan fingerprint density at radius 2 is 1.95 bits per heavy atom. The molecule has 2 aromatic heterocycles. The molecule has 0 aliphatic heterocycles. The van der Waals surface area contributed by atoms with E-state index in [9.17, 15) is 14.4 Å². The maximum Gasteiger partial charge on any atom is 0.358 e. The molecule has 2 heterocycles. The molecule has 0 atom stereocenters. The fourth-order valence-corrected chi connectivity index (χ4v) is 1.40. The van der Waals surface area contributed by atoms with Gasteiger partial charge in [0.1, 0.15) is 0 Å². The highest BCUT2D eigenvalue weighted by atomic mass is 16.4. The topological polar surface area (TPSA) is 170 Å². The zero-order valence-electron chi connectivity index (χ0n) is 9.32. The number of carbonyl (C=O) groups is 1. The molecule has 10 heteroatoms. The van der Waals surface area contributed by atoms with E-state index in [-0.39, 0.29) is 5.82 Å². The quantitative estimate of drug-likeness (QED) is 0.491. The van der Waals surface area contributed by atoms with E-state index in [1.165, 1.54) is 0 Å². The van der Waals surface area contributed by atoms with Crippen molar-refractivity contribution in [1.29, 1.82) is 0 Å². The first-order chi connectivity index (χ1) is 8.91. The van der Waals surface area contributed by atoms with Gasteiger partial charge in [-0.1, -0.05) is 0 Å². The Hall–Kier alpha value is -3.17. The molecule has 0 fully saturated rings. The molecule has 0 aliphatic rings. The highest BCUT2D eigenvalue weighted by Crippen LogP contribution is 2.14. The van der Waals surface area contributed by atoms with Crippen molar-refractivity contribution in [3.05, 3.63) is 38.8 Å². The second-order valence-electron chi connectivity index (χ2n) is 3.43. The summed E-state index contributed by atoms with van der Waals surface area (Å²) < 4.78 is 0.602. The van der Waals surface area contributed by atoms with Crippen LogP contribution in [0.3, 0.4) is 0 Å². The number of aromatic carboxylic acids is 1. The zero-order valence-corrected chi connectivity index (χ0v) is 9.32. The number of nitrogens with zero attached hydrogens (tertiary/aromatic N) is 3. The molecule has 6 N–H and O–H groups in total. The van der Waals surface area contributed by atoms with Crippen LogP contribution < -0.4 is 22.7 Å². The molecule has 19 heavy (non-hydrogen) atoms. The largest absolute Gasteiger partial charge is 0.476 e. The van der Waals surface area contributed by atoms with Crippen molar-refractivity contribution in [2.75, 3.05) is 11.5 Å².